The number of amides is 1. The first-order valence-electron chi connectivity index (χ1n) is 13.9. The third kappa shape index (κ3) is 5.50. The van der Waals surface area contributed by atoms with E-state index in [-0.39, 0.29) is 24.1 Å². The van der Waals surface area contributed by atoms with E-state index in [0.717, 1.165) is 35.1 Å². The van der Waals surface area contributed by atoms with Gasteiger partial charge in [0.1, 0.15) is 0 Å². The fourth-order valence-corrected chi connectivity index (χ4v) is 6.34. The number of ether oxygens (including phenoxy) is 2. The molecule has 3 aliphatic rings. The molecule has 2 aliphatic carbocycles. The average Bonchev–Trinajstić information content (AvgIpc) is 2.93. The first kappa shape index (κ1) is 26.8. The second-order valence-corrected chi connectivity index (χ2v) is 11.4. The fourth-order valence-electron chi connectivity index (χ4n) is 6.21. The van der Waals surface area contributed by atoms with Gasteiger partial charge in [-0.3, -0.25) is 4.79 Å². The Balaban J connectivity index is 1.50. The number of nitrogens with zero attached hydrogens (tertiary/aromatic N) is 1. The average molecular weight is 536 g/mol. The molecule has 1 fully saturated rings. The van der Waals surface area contributed by atoms with Crippen LogP contribution in [0.3, 0.4) is 0 Å². The molecule has 2 aromatic carbocycles. The first-order valence-corrected chi connectivity index (χ1v) is 14.2. The van der Waals surface area contributed by atoms with E-state index >= 15 is 0 Å². The molecule has 1 saturated carbocycles. The quantitative estimate of drug-likeness (QED) is 0.423. The van der Waals surface area contributed by atoms with E-state index < -0.39 is 6.10 Å². The van der Waals surface area contributed by atoms with Crippen LogP contribution in [-0.4, -0.2) is 41.3 Å². The zero-order chi connectivity index (χ0) is 26.8. The molecule has 0 bridgehead atoms. The SMILES string of the molecule is COc1cc2c(cc1OC(C)C)C(c1ccc(Cl)cc1)N(C1C=CC(C(O)C3CCCCC3)=CC1)C(=O)C2. The lowest BCUT2D eigenvalue weighted by atomic mass is 9.80. The molecule has 6 heteroatoms. The maximum Gasteiger partial charge on any atom is 0.228 e. The molecule has 1 amide bonds. The number of aliphatic hydroxyl groups is 1. The Morgan fingerprint density at radius 3 is 2.42 bits per heavy atom. The fraction of sp³-hybridized carbons (Fsp3) is 0.469. The van der Waals surface area contributed by atoms with Gasteiger partial charge in [0.2, 0.25) is 5.91 Å². The Kier molecular flexibility index (Phi) is 8.15. The zero-order valence-electron chi connectivity index (χ0n) is 22.5. The molecule has 0 spiro atoms. The topological polar surface area (TPSA) is 59.0 Å². The molecule has 0 radical (unpaired) electrons. The van der Waals surface area contributed by atoms with Crippen molar-refractivity contribution in [3.05, 3.63) is 81.9 Å². The summed E-state index contributed by atoms with van der Waals surface area (Å²) in [6.07, 6.45) is 12.6. The monoisotopic (exact) mass is 535 g/mol. The van der Waals surface area contributed by atoms with Crippen molar-refractivity contribution < 1.29 is 19.4 Å². The predicted octanol–water partition coefficient (Wildman–Crippen LogP) is 6.81. The van der Waals surface area contributed by atoms with Crippen LogP contribution in [0.1, 0.15) is 75.1 Å². The minimum absolute atomic E-state index is 0.0160. The van der Waals surface area contributed by atoms with E-state index in [1.54, 1.807) is 7.11 Å². The van der Waals surface area contributed by atoms with Crippen LogP contribution in [0.4, 0.5) is 0 Å². The van der Waals surface area contributed by atoms with Gasteiger partial charge in [0.25, 0.3) is 0 Å². The highest BCUT2D eigenvalue weighted by Gasteiger charge is 2.39. The first-order chi connectivity index (χ1) is 18.4. The second-order valence-electron chi connectivity index (χ2n) is 11.0. The summed E-state index contributed by atoms with van der Waals surface area (Å²) < 4.78 is 11.7. The molecule has 5 rings (SSSR count). The largest absolute Gasteiger partial charge is 0.493 e. The molecule has 202 valence electrons. The van der Waals surface area contributed by atoms with E-state index in [0.29, 0.717) is 35.3 Å². The van der Waals surface area contributed by atoms with Gasteiger partial charge in [0.15, 0.2) is 11.5 Å². The van der Waals surface area contributed by atoms with Gasteiger partial charge in [0.05, 0.1) is 37.8 Å². The predicted molar refractivity (Wildman–Crippen MR) is 151 cm³/mol. The third-order valence-corrected chi connectivity index (χ3v) is 8.33. The normalized spacial score (nSPS) is 22.7. The van der Waals surface area contributed by atoms with Crippen molar-refractivity contribution in [2.45, 2.75) is 83.1 Å². The number of hydrogen-bond donors (Lipinski definition) is 1. The van der Waals surface area contributed by atoms with Crippen LogP contribution in [0.5, 0.6) is 11.5 Å². The molecule has 3 unspecified atom stereocenters. The Bertz CT molecular complexity index is 1210. The van der Waals surface area contributed by atoms with E-state index in [2.05, 4.69) is 12.2 Å². The Labute approximate surface area is 231 Å². The van der Waals surface area contributed by atoms with E-state index in [1.165, 1.54) is 19.3 Å². The molecule has 38 heavy (non-hydrogen) atoms. The van der Waals surface area contributed by atoms with Crippen molar-refractivity contribution in [1.82, 2.24) is 4.90 Å². The molecule has 3 atom stereocenters. The Morgan fingerprint density at radius 1 is 1.05 bits per heavy atom. The van der Waals surface area contributed by atoms with Gasteiger partial charge in [-0.05, 0) is 85.6 Å². The van der Waals surface area contributed by atoms with Gasteiger partial charge < -0.3 is 19.5 Å². The summed E-state index contributed by atoms with van der Waals surface area (Å²) in [5, 5.41) is 11.7. The van der Waals surface area contributed by atoms with Crippen LogP contribution in [0.2, 0.25) is 5.02 Å². The van der Waals surface area contributed by atoms with Crippen LogP contribution >= 0.6 is 11.6 Å². The van der Waals surface area contributed by atoms with Crippen molar-refractivity contribution >= 4 is 17.5 Å². The summed E-state index contributed by atoms with van der Waals surface area (Å²) in [6, 6.07) is 11.3. The van der Waals surface area contributed by atoms with E-state index in [9.17, 15) is 9.90 Å². The summed E-state index contributed by atoms with van der Waals surface area (Å²) in [5.41, 5.74) is 3.96. The van der Waals surface area contributed by atoms with Crippen molar-refractivity contribution in [2.24, 2.45) is 5.92 Å². The van der Waals surface area contributed by atoms with Gasteiger partial charge in [0, 0.05) is 5.02 Å². The van der Waals surface area contributed by atoms with Gasteiger partial charge in [-0.25, -0.2) is 0 Å². The number of hydrogen-bond acceptors (Lipinski definition) is 4. The van der Waals surface area contributed by atoms with Crippen molar-refractivity contribution in [3.63, 3.8) is 0 Å². The maximum atomic E-state index is 13.8. The molecule has 1 heterocycles. The number of methoxy groups -OCH3 is 1. The van der Waals surface area contributed by atoms with Crippen LogP contribution in [0.25, 0.3) is 0 Å². The number of aliphatic hydroxyl groups excluding tert-OH is 1. The Hall–Kier alpha value is -2.76. The molecule has 5 nitrogen and oxygen atoms in total. The number of halogens is 1. The minimum Gasteiger partial charge on any atom is -0.493 e. The minimum atomic E-state index is -0.430. The number of benzene rings is 2. The van der Waals surface area contributed by atoms with Crippen molar-refractivity contribution in [2.75, 3.05) is 7.11 Å². The summed E-state index contributed by atoms with van der Waals surface area (Å²) >= 11 is 6.24. The highest BCUT2D eigenvalue weighted by molar-refractivity contribution is 6.30. The van der Waals surface area contributed by atoms with E-state index in [1.807, 2.05) is 61.2 Å². The molecular formula is C32H38ClNO4. The van der Waals surface area contributed by atoms with Crippen LogP contribution < -0.4 is 9.47 Å². The van der Waals surface area contributed by atoms with Crippen LogP contribution in [-0.2, 0) is 11.2 Å². The molecule has 2 aromatic rings. The Morgan fingerprint density at radius 2 is 1.79 bits per heavy atom. The lowest BCUT2D eigenvalue weighted by Gasteiger charge is -2.42. The summed E-state index contributed by atoms with van der Waals surface area (Å²) in [5.74, 6) is 1.70. The highest BCUT2D eigenvalue weighted by Crippen LogP contribution is 2.44. The number of fused-ring (bicyclic) bond motifs is 1. The van der Waals surface area contributed by atoms with Gasteiger partial charge in [-0.2, -0.15) is 0 Å². The summed E-state index contributed by atoms with van der Waals surface area (Å²) in [6.45, 7) is 3.98. The molecule has 1 aliphatic heterocycles. The van der Waals surface area contributed by atoms with Crippen molar-refractivity contribution in [1.29, 1.82) is 0 Å². The third-order valence-electron chi connectivity index (χ3n) is 8.08. The van der Waals surface area contributed by atoms with Gasteiger partial charge >= 0.3 is 0 Å². The lowest BCUT2D eigenvalue weighted by Crippen LogP contribution is -2.47. The second kappa shape index (κ2) is 11.5. The van der Waals surface area contributed by atoms with Crippen LogP contribution in [0.15, 0.2) is 60.2 Å². The number of carbonyl (C=O) groups excluding carboxylic acids is 1. The van der Waals surface area contributed by atoms with Gasteiger partial charge in [-0.15, -0.1) is 0 Å². The smallest absolute Gasteiger partial charge is 0.228 e. The lowest BCUT2D eigenvalue weighted by molar-refractivity contribution is -0.134. The summed E-state index contributed by atoms with van der Waals surface area (Å²) in [4.78, 5) is 15.7. The molecular weight excluding hydrogens is 498 g/mol. The van der Waals surface area contributed by atoms with Gasteiger partial charge in [-0.1, -0.05) is 61.2 Å². The summed E-state index contributed by atoms with van der Waals surface area (Å²) in [7, 11) is 1.63. The van der Waals surface area contributed by atoms with Crippen LogP contribution in [0, 0.1) is 5.92 Å². The number of rotatable bonds is 7. The molecule has 1 N–H and O–H groups in total. The zero-order valence-corrected chi connectivity index (χ0v) is 23.3. The van der Waals surface area contributed by atoms with Crippen molar-refractivity contribution in [3.8, 4) is 11.5 Å². The number of carbonyl (C=O) groups is 1. The molecule has 0 saturated heterocycles. The standard InChI is InChI=1S/C32H38ClNO4/c1-20(2)38-29-19-27-24(17-28(29)37-3)18-30(35)34(31(27)21-9-13-25(33)14-10-21)26-15-11-23(12-16-26)32(36)22-7-5-4-6-8-22/h9-15,17,19-20,22,26,31-32,36H,4-8,16,18H2,1-3H3. The highest BCUT2D eigenvalue weighted by atomic mass is 35.5. The van der Waals surface area contributed by atoms with E-state index in [4.69, 9.17) is 21.1 Å². The molecule has 0 aromatic heterocycles. The maximum absolute atomic E-state index is 13.8.